The lowest BCUT2D eigenvalue weighted by Gasteiger charge is -2.08. The SMILES string of the molecule is OCCCSc1nc2cccnc2n2c(C(F)(F)F)nnc12. The third-order valence-corrected chi connectivity index (χ3v) is 3.89. The molecule has 6 nitrogen and oxygen atoms in total. The first kappa shape index (κ1) is 15.0. The second kappa shape index (κ2) is 5.69. The van der Waals surface area contributed by atoms with Crippen molar-refractivity contribution < 1.29 is 18.3 Å². The molecule has 0 aliphatic heterocycles. The number of nitrogens with zero attached hydrogens (tertiary/aromatic N) is 5. The minimum atomic E-state index is -4.64. The number of aliphatic hydroxyl groups is 1. The summed E-state index contributed by atoms with van der Waals surface area (Å²) >= 11 is 1.22. The van der Waals surface area contributed by atoms with Gasteiger partial charge in [-0.3, -0.25) is 4.40 Å². The summed E-state index contributed by atoms with van der Waals surface area (Å²) in [5.41, 5.74) is 0.398. The molecule has 0 aliphatic rings. The minimum absolute atomic E-state index is 0.00108. The molecular weight excluding hydrogens is 319 g/mol. The quantitative estimate of drug-likeness (QED) is 0.584. The number of rotatable bonds is 4. The molecule has 10 heteroatoms. The van der Waals surface area contributed by atoms with Gasteiger partial charge in [-0.15, -0.1) is 22.0 Å². The van der Waals surface area contributed by atoms with E-state index < -0.39 is 12.0 Å². The third-order valence-electron chi connectivity index (χ3n) is 2.85. The summed E-state index contributed by atoms with van der Waals surface area (Å²) in [4.78, 5) is 8.26. The lowest BCUT2D eigenvalue weighted by atomic mass is 10.4. The molecule has 0 bridgehead atoms. The Morgan fingerprint density at radius 1 is 1.23 bits per heavy atom. The van der Waals surface area contributed by atoms with Crippen molar-refractivity contribution in [1.29, 1.82) is 0 Å². The molecular formula is C12H10F3N5OS. The molecule has 1 N–H and O–H groups in total. The predicted octanol–water partition coefficient (Wildman–Crippen LogP) is 2.17. The lowest BCUT2D eigenvalue weighted by Crippen LogP contribution is -2.12. The molecule has 3 heterocycles. The largest absolute Gasteiger partial charge is 0.452 e. The molecule has 3 aromatic heterocycles. The summed E-state index contributed by atoms with van der Waals surface area (Å²) in [5, 5.41) is 16.0. The van der Waals surface area contributed by atoms with Crippen molar-refractivity contribution in [3.63, 3.8) is 0 Å². The van der Waals surface area contributed by atoms with E-state index >= 15 is 0 Å². The van der Waals surface area contributed by atoms with Crippen LogP contribution in [0.5, 0.6) is 0 Å². The van der Waals surface area contributed by atoms with Crippen LogP contribution in [0.2, 0.25) is 0 Å². The normalized spacial score (nSPS) is 12.4. The smallest absolute Gasteiger partial charge is 0.396 e. The predicted molar refractivity (Wildman–Crippen MR) is 73.5 cm³/mol. The van der Waals surface area contributed by atoms with Crippen molar-refractivity contribution in [2.75, 3.05) is 12.4 Å². The third kappa shape index (κ3) is 2.59. The number of halogens is 3. The van der Waals surface area contributed by atoms with E-state index in [1.807, 2.05) is 0 Å². The summed E-state index contributed by atoms with van der Waals surface area (Å²) in [6, 6.07) is 3.18. The van der Waals surface area contributed by atoms with Gasteiger partial charge in [0, 0.05) is 18.6 Å². The molecule has 0 radical (unpaired) electrons. The molecule has 0 aromatic carbocycles. The standard InChI is InChI=1S/C12H10F3N5OS/c13-12(14,15)11-19-18-9-10(22-6-2-5-21)17-7-3-1-4-16-8(7)20(9)11/h1,3-4,21H,2,5-6H2. The molecule has 0 atom stereocenters. The lowest BCUT2D eigenvalue weighted by molar-refractivity contribution is -0.145. The van der Waals surface area contributed by atoms with Crippen LogP contribution in [0.15, 0.2) is 23.4 Å². The zero-order chi connectivity index (χ0) is 15.7. The highest BCUT2D eigenvalue weighted by Gasteiger charge is 2.38. The van der Waals surface area contributed by atoms with Crippen LogP contribution in [0.3, 0.4) is 0 Å². The van der Waals surface area contributed by atoms with Gasteiger partial charge in [0.2, 0.25) is 5.82 Å². The van der Waals surface area contributed by atoms with E-state index in [-0.39, 0.29) is 17.9 Å². The average Bonchev–Trinajstić information content (AvgIpc) is 2.93. The monoisotopic (exact) mass is 329 g/mol. The van der Waals surface area contributed by atoms with Crippen molar-refractivity contribution in [2.45, 2.75) is 17.6 Å². The van der Waals surface area contributed by atoms with Crippen LogP contribution in [-0.4, -0.2) is 42.0 Å². The summed E-state index contributed by atoms with van der Waals surface area (Å²) in [7, 11) is 0. The maximum Gasteiger partial charge on any atom is 0.452 e. The van der Waals surface area contributed by atoms with Crippen LogP contribution in [0.4, 0.5) is 13.2 Å². The summed E-state index contributed by atoms with van der Waals surface area (Å²) in [6.45, 7) is -0.00108. The first-order valence-electron chi connectivity index (χ1n) is 6.33. The molecule has 0 fully saturated rings. The van der Waals surface area contributed by atoms with E-state index in [0.717, 1.165) is 4.40 Å². The molecule has 0 amide bonds. The van der Waals surface area contributed by atoms with Crippen molar-refractivity contribution >= 4 is 28.6 Å². The fraction of sp³-hybridized carbons (Fsp3) is 0.333. The molecule has 0 saturated carbocycles. The highest BCUT2D eigenvalue weighted by atomic mass is 32.2. The van der Waals surface area contributed by atoms with E-state index in [0.29, 0.717) is 22.7 Å². The number of aliphatic hydroxyl groups excluding tert-OH is 1. The van der Waals surface area contributed by atoms with E-state index in [2.05, 4.69) is 20.2 Å². The van der Waals surface area contributed by atoms with Gasteiger partial charge in [-0.2, -0.15) is 13.2 Å². The van der Waals surface area contributed by atoms with Gasteiger partial charge in [-0.1, -0.05) is 0 Å². The highest BCUT2D eigenvalue weighted by molar-refractivity contribution is 7.99. The van der Waals surface area contributed by atoms with Crippen LogP contribution < -0.4 is 0 Å². The van der Waals surface area contributed by atoms with Crippen LogP contribution in [0.1, 0.15) is 12.2 Å². The van der Waals surface area contributed by atoms with Gasteiger partial charge in [0.25, 0.3) is 0 Å². The van der Waals surface area contributed by atoms with Crippen molar-refractivity contribution in [3.8, 4) is 0 Å². The van der Waals surface area contributed by atoms with Crippen LogP contribution in [0, 0.1) is 0 Å². The number of aromatic nitrogens is 5. The molecule has 3 aromatic rings. The Hall–Kier alpha value is -1.94. The van der Waals surface area contributed by atoms with E-state index in [9.17, 15) is 13.2 Å². The molecule has 0 unspecified atom stereocenters. The maximum absolute atomic E-state index is 13.1. The fourth-order valence-corrected chi connectivity index (χ4v) is 2.84. The van der Waals surface area contributed by atoms with Crippen LogP contribution in [-0.2, 0) is 6.18 Å². The van der Waals surface area contributed by atoms with Gasteiger partial charge >= 0.3 is 6.18 Å². The number of pyridine rings is 1. The second-order valence-corrected chi connectivity index (χ2v) is 5.45. The second-order valence-electron chi connectivity index (χ2n) is 4.37. The van der Waals surface area contributed by atoms with Gasteiger partial charge < -0.3 is 5.11 Å². The Morgan fingerprint density at radius 2 is 2.05 bits per heavy atom. The number of fused-ring (bicyclic) bond motifs is 3. The number of hydrogen-bond acceptors (Lipinski definition) is 6. The Bertz CT molecular complexity index is 819. The molecule has 22 heavy (non-hydrogen) atoms. The zero-order valence-corrected chi connectivity index (χ0v) is 11.9. The minimum Gasteiger partial charge on any atom is -0.396 e. The number of alkyl halides is 3. The highest BCUT2D eigenvalue weighted by Crippen LogP contribution is 2.32. The topological polar surface area (TPSA) is 76.2 Å². The number of hydrogen-bond donors (Lipinski definition) is 1. The summed E-state index contributed by atoms with van der Waals surface area (Å²) in [5.74, 6) is -0.614. The van der Waals surface area contributed by atoms with Gasteiger partial charge in [0.15, 0.2) is 11.3 Å². The Balaban J connectivity index is 2.26. The van der Waals surface area contributed by atoms with E-state index in [1.165, 1.54) is 18.0 Å². The van der Waals surface area contributed by atoms with Gasteiger partial charge in [-0.05, 0) is 18.6 Å². The molecule has 0 aliphatic carbocycles. The Morgan fingerprint density at radius 3 is 2.77 bits per heavy atom. The van der Waals surface area contributed by atoms with Gasteiger partial charge in [-0.25, -0.2) is 9.97 Å². The Kier molecular flexibility index (Phi) is 3.87. The van der Waals surface area contributed by atoms with Crippen molar-refractivity contribution in [3.05, 3.63) is 24.2 Å². The molecule has 116 valence electrons. The number of thioether (sulfide) groups is 1. The van der Waals surface area contributed by atoms with Crippen LogP contribution >= 0.6 is 11.8 Å². The van der Waals surface area contributed by atoms with Crippen molar-refractivity contribution in [2.24, 2.45) is 0 Å². The summed E-state index contributed by atoms with van der Waals surface area (Å²) in [6.07, 6.45) is -2.75. The first-order chi connectivity index (χ1) is 10.5. The fourth-order valence-electron chi connectivity index (χ4n) is 1.94. The van der Waals surface area contributed by atoms with Gasteiger partial charge in [0.05, 0.1) is 0 Å². The first-order valence-corrected chi connectivity index (χ1v) is 7.31. The molecule has 0 saturated heterocycles. The maximum atomic E-state index is 13.1. The Labute approximate surface area is 126 Å². The molecule has 3 rings (SSSR count). The van der Waals surface area contributed by atoms with Crippen LogP contribution in [0.25, 0.3) is 16.8 Å². The van der Waals surface area contributed by atoms with Crippen molar-refractivity contribution in [1.82, 2.24) is 24.6 Å². The van der Waals surface area contributed by atoms with E-state index in [4.69, 9.17) is 5.11 Å². The zero-order valence-electron chi connectivity index (χ0n) is 11.1. The average molecular weight is 329 g/mol. The molecule has 0 spiro atoms. The summed E-state index contributed by atoms with van der Waals surface area (Å²) < 4.78 is 40.2. The van der Waals surface area contributed by atoms with E-state index in [1.54, 1.807) is 12.1 Å². The van der Waals surface area contributed by atoms with Gasteiger partial charge in [0.1, 0.15) is 10.5 Å².